The number of hydrogen-bond donors (Lipinski definition) is 0. The molecule has 130 valence electrons. The molecule has 1 atom stereocenters. The van der Waals surface area contributed by atoms with E-state index in [1.165, 1.54) is 17.3 Å². The fourth-order valence-corrected chi connectivity index (χ4v) is 3.63. The lowest BCUT2D eigenvalue weighted by atomic mass is 9.97. The maximum absolute atomic E-state index is 12.1. The van der Waals surface area contributed by atoms with Crippen molar-refractivity contribution in [2.24, 2.45) is 5.10 Å². The quantitative estimate of drug-likeness (QED) is 0.547. The van der Waals surface area contributed by atoms with Crippen LogP contribution in [0.5, 0.6) is 0 Å². The minimum absolute atomic E-state index is 0.100. The van der Waals surface area contributed by atoms with E-state index in [-0.39, 0.29) is 11.9 Å². The highest BCUT2D eigenvalue weighted by Crippen LogP contribution is 2.35. The van der Waals surface area contributed by atoms with Crippen molar-refractivity contribution in [2.45, 2.75) is 19.4 Å². The summed E-state index contributed by atoms with van der Waals surface area (Å²) < 4.78 is 0. The maximum atomic E-state index is 12.1. The molecule has 0 aromatic heterocycles. The Bertz CT molecular complexity index is 1050. The highest BCUT2D eigenvalue weighted by Gasteiger charge is 2.31. The molecule has 4 rings (SSSR count). The van der Waals surface area contributed by atoms with E-state index in [1.54, 1.807) is 6.07 Å². The van der Waals surface area contributed by atoms with Crippen LogP contribution in [0.2, 0.25) is 10.0 Å². The molecular weight excluding hydrogens is 367 g/mol. The molecule has 1 amide bonds. The predicted molar refractivity (Wildman–Crippen MR) is 107 cm³/mol. The second-order valence-corrected chi connectivity index (χ2v) is 7.18. The van der Waals surface area contributed by atoms with Crippen LogP contribution in [0.4, 0.5) is 0 Å². The first-order valence-corrected chi connectivity index (χ1v) is 9.10. The third-order valence-electron chi connectivity index (χ3n) is 4.64. The monoisotopic (exact) mass is 382 g/mol. The second-order valence-electron chi connectivity index (χ2n) is 6.37. The summed E-state index contributed by atoms with van der Waals surface area (Å²) >= 11 is 12.2. The molecule has 3 nitrogen and oxygen atoms in total. The topological polar surface area (TPSA) is 32.7 Å². The van der Waals surface area contributed by atoms with Crippen molar-refractivity contribution in [2.75, 3.05) is 0 Å². The number of rotatable bonds is 2. The summed E-state index contributed by atoms with van der Waals surface area (Å²) in [6.07, 6.45) is 0.635. The standard InChI is InChI=1S/C21H16Cl2N2O/c1-13(26)25-21(17-8-9-18(22)19(23)11-17)12-20(24-25)16-7-6-14-4-2-3-5-15(14)10-16/h2-11,21H,12H2,1H3/t21-/m1/s1. The lowest BCUT2D eigenvalue weighted by Gasteiger charge is -2.20. The Labute approximate surface area is 161 Å². The average molecular weight is 383 g/mol. The third-order valence-corrected chi connectivity index (χ3v) is 5.38. The molecule has 1 aliphatic heterocycles. The molecule has 0 spiro atoms. The van der Waals surface area contributed by atoms with E-state index in [0.717, 1.165) is 22.2 Å². The molecular formula is C21H16Cl2N2O. The van der Waals surface area contributed by atoms with Crippen LogP contribution >= 0.6 is 23.2 Å². The van der Waals surface area contributed by atoms with Crippen molar-refractivity contribution in [3.05, 3.63) is 81.8 Å². The first kappa shape index (κ1) is 17.1. The van der Waals surface area contributed by atoms with Gasteiger partial charge in [-0.3, -0.25) is 4.79 Å². The molecule has 3 aromatic carbocycles. The highest BCUT2D eigenvalue weighted by atomic mass is 35.5. The fourth-order valence-electron chi connectivity index (χ4n) is 3.32. The van der Waals surface area contributed by atoms with Crippen LogP contribution in [-0.2, 0) is 4.79 Å². The lowest BCUT2D eigenvalue weighted by molar-refractivity contribution is -0.130. The number of carbonyl (C=O) groups is 1. The smallest absolute Gasteiger partial charge is 0.240 e. The molecule has 0 bridgehead atoms. The van der Waals surface area contributed by atoms with Crippen molar-refractivity contribution < 1.29 is 4.79 Å². The summed E-state index contributed by atoms with van der Waals surface area (Å²) in [4.78, 5) is 12.1. The molecule has 0 saturated heterocycles. The van der Waals surface area contributed by atoms with Crippen LogP contribution in [0.15, 0.2) is 65.8 Å². The van der Waals surface area contributed by atoms with Crippen molar-refractivity contribution in [1.29, 1.82) is 0 Å². The molecule has 1 aliphatic rings. The van der Waals surface area contributed by atoms with Gasteiger partial charge in [0.05, 0.1) is 21.8 Å². The Morgan fingerprint density at radius 3 is 2.50 bits per heavy atom. The van der Waals surface area contributed by atoms with Crippen LogP contribution in [0.1, 0.15) is 30.5 Å². The zero-order valence-corrected chi connectivity index (χ0v) is 15.6. The number of halogens is 2. The zero-order chi connectivity index (χ0) is 18.3. The van der Waals surface area contributed by atoms with E-state index in [0.29, 0.717) is 16.5 Å². The van der Waals surface area contributed by atoms with Gasteiger partial charge in [0.25, 0.3) is 0 Å². The van der Waals surface area contributed by atoms with Gasteiger partial charge in [-0.15, -0.1) is 0 Å². The summed E-state index contributed by atoms with van der Waals surface area (Å²) in [5.41, 5.74) is 2.84. The van der Waals surface area contributed by atoms with Crippen LogP contribution in [0.3, 0.4) is 0 Å². The van der Waals surface area contributed by atoms with Crippen LogP contribution in [0.25, 0.3) is 10.8 Å². The van der Waals surface area contributed by atoms with E-state index in [4.69, 9.17) is 23.2 Å². The van der Waals surface area contributed by atoms with Gasteiger partial charge in [-0.1, -0.05) is 65.7 Å². The summed E-state index contributed by atoms with van der Waals surface area (Å²) in [6.45, 7) is 1.53. The predicted octanol–water partition coefficient (Wildman–Crippen LogP) is 5.84. The molecule has 26 heavy (non-hydrogen) atoms. The fraction of sp³-hybridized carbons (Fsp3) is 0.143. The van der Waals surface area contributed by atoms with Gasteiger partial charge in [-0.2, -0.15) is 5.10 Å². The molecule has 1 heterocycles. The minimum Gasteiger partial charge on any atom is -0.273 e. The van der Waals surface area contributed by atoms with E-state index < -0.39 is 0 Å². The zero-order valence-electron chi connectivity index (χ0n) is 14.1. The number of nitrogens with zero attached hydrogens (tertiary/aromatic N) is 2. The van der Waals surface area contributed by atoms with Crippen LogP contribution in [0, 0.1) is 0 Å². The first-order chi connectivity index (χ1) is 12.5. The normalized spacial score (nSPS) is 16.8. The van der Waals surface area contributed by atoms with E-state index in [9.17, 15) is 4.79 Å². The van der Waals surface area contributed by atoms with Crippen molar-refractivity contribution in [3.8, 4) is 0 Å². The van der Waals surface area contributed by atoms with Gasteiger partial charge in [0.1, 0.15) is 0 Å². The van der Waals surface area contributed by atoms with Gasteiger partial charge in [0, 0.05) is 13.3 Å². The van der Waals surface area contributed by atoms with Crippen molar-refractivity contribution in [1.82, 2.24) is 5.01 Å². The number of carbonyl (C=O) groups excluding carboxylic acids is 1. The Kier molecular flexibility index (Phi) is 4.43. The van der Waals surface area contributed by atoms with Gasteiger partial charge < -0.3 is 0 Å². The third kappa shape index (κ3) is 3.09. The largest absolute Gasteiger partial charge is 0.273 e. The highest BCUT2D eigenvalue weighted by molar-refractivity contribution is 6.42. The summed E-state index contributed by atoms with van der Waals surface area (Å²) in [5.74, 6) is -0.100. The van der Waals surface area contributed by atoms with E-state index in [1.807, 2.05) is 24.3 Å². The van der Waals surface area contributed by atoms with Gasteiger partial charge in [-0.25, -0.2) is 5.01 Å². The van der Waals surface area contributed by atoms with Gasteiger partial charge in [0.15, 0.2) is 0 Å². The second kappa shape index (κ2) is 6.75. The molecule has 3 aromatic rings. The first-order valence-electron chi connectivity index (χ1n) is 8.34. The molecule has 0 fully saturated rings. The maximum Gasteiger partial charge on any atom is 0.240 e. The lowest BCUT2D eigenvalue weighted by Crippen LogP contribution is -2.24. The Morgan fingerprint density at radius 1 is 1.00 bits per heavy atom. The SMILES string of the molecule is CC(=O)N1N=C(c2ccc3ccccc3c2)C[C@@H]1c1ccc(Cl)c(Cl)c1. The molecule has 0 aliphatic carbocycles. The van der Waals surface area contributed by atoms with Crippen LogP contribution < -0.4 is 0 Å². The van der Waals surface area contributed by atoms with Gasteiger partial charge in [-0.05, 0) is 40.1 Å². The Morgan fingerprint density at radius 2 is 1.77 bits per heavy atom. The summed E-state index contributed by atoms with van der Waals surface area (Å²) in [5, 5.41) is 9.44. The van der Waals surface area contributed by atoms with Gasteiger partial charge in [0.2, 0.25) is 5.91 Å². The summed E-state index contributed by atoms with van der Waals surface area (Å²) in [7, 11) is 0. The van der Waals surface area contributed by atoms with Gasteiger partial charge >= 0.3 is 0 Å². The average Bonchev–Trinajstić information content (AvgIpc) is 3.09. The summed E-state index contributed by atoms with van der Waals surface area (Å²) in [6, 6.07) is 19.7. The number of hydrazone groups is 1. The van der Waals surface area contributed by atoms with Crippen molar-refractivity contribution in [3.63, 3.8) is 0 Å². The van der Waals surface area contributed by atoms with Crippen molar-refractivity contribution >= 4 is 45.6 Å². The number of hydrogen-bond acceptors (Lipinski definition) is 2. The molecule has 5 heteroatoms. The minimum atomic E-state index is -0.177. The van der Waals surface area contributed by atoms with Crippen LogP contribution in [-0.4, -0.2) is 16.6 Å². The Balaban J connectivity index is 1.72. The molecule has 0 saturated carbocycles. The number of fused-ring (bicyclic) bond motifs is 1. The Hall–Kier alpha value is -2.36. The number of benzene rings is 3. The molecule has 0 radical (unpaired) electrons. The molecule has 0 N–H and O–H groups in total. The number of amides is 1. The van der Waals surface area contributed by atoms with E-state index >= 15 is 0 Å². The molecule has 0 unspecified atom stereocenters. The van der Waals surface area contributed by atoms with E-state index in [2.05, 4.69) is 35.4 Å².